The van der Waals surface area contributed by atoms with Crippen LogP contribution in [0.3, 0.4) is 0 Å². The van der Waals surface area contributed by atoms with Gasteiger partial charge in [0.15, 0.2) is 0 Å². The first-order valence-corrected chi connectivity index (χ1v) is 10.8. The Labute approximate surface area is 180 Å². The fraction of sp³-hybridized carbons (Fsp3) is 0.417. The van der Waals surface area contributed by atoms with Gasteiger partial charge in [0.1, 0.15) is 17.4 Å². The topological polar surface area (TPSA) is 49.9 Å². The summed E-state index contributed by atoms with van der Waals surface area (Å²) in [6, 6.07) is 10.1. The number of piperidine rings is 1. The molecule has 1 unspecified atom stereocenters. The van der Waals surface area contributed by atoms with E-state index in [1.54, 1.807) is 17.0 Å². The molecule has 2 aliphatic rings. The van der Waals surface area contributed by atoms with Gasteiger partial charge in [-0.25, -0.2) is 8.78 Å². The van der Waals surface area contributed by atoms with Crippen molar-refractivity contribution in [3.8, 4) is 5.75 Å². The number of carbonyl (C=O) groups excluding carboxylic acids is 2. The zero-order chi connectivity index (χ0) is 21.8. The van der Waals surface area contributed by atoms with E-state index in [1.165, 1.54) is 0 Å². The fourth-order valence-electron chi connectivity index (χ4n) is 4.25. The quantitative estimate of drug-likeness (QED) is 0.720. The van der Waals surface area contributed by atoms with Crippen LogP contribution >= 0.6 is 0 Å². The molecule has 0 saturated carbocycles. The van der Waals surface area contributed by atoms with Crippen molar-refractivity contribution < 1.29 is 23.1 Å². The van der Waals surface area contributed by atoms with Crippen LogP contribution in [0.5, 0.6) is 5.75 Å². The Bertz CT molecular complexity index is 960. The van der Waals surface area contributed by atoms with E-state index in [0.717, 1.165) is 57.0 Å². The summed E-state index contributed by atoms with van der Waals surface area (Å²) in [7, 11) is 0. The molecule has 2 saturated heterocycles. The molecule has 0 N–H and O–H groups in total. The third-order valence-corrected chi connectivity index (χ3v) is 5.92. The summed E-state index contributed by atoms with van der Waals surface area (Å²) < 4.78 is 33.4. The van der Waals surface area contributed by atoms with Gasteiger partial charge in [0.2, 0.25) is 0 Å². The molecule has 7 heteroatoms. The molecule has 0 aliphatic carbocycles. The van der Waals surface area contributed by atoms with Crippen molar-refractivity contribution >= 4 is 11.8 Å². The summed E-state index contributed by atoms with van der Waals surface area (Å²) in [4.78, 5) is 28.7. The van der Waals surface area contributed by atoms with Gasteiger partial charge in [-0.3, -0.25) is 9.59 Å². The molecule has 0 aromatic heterocycles. The van der Waals surface area contributed by atoms with Gasteiger partial charge in [-0.15, -0.1) is 0 Å². The van der Waals surface area contributed by atoms with Crippen LogP contribution in [0.15, 0.2) is 42.5 Å². The van der Waals surface area contributed by atoms with Gasteiger partial charge in [-0.1, -0.05) is 6.07 Å². The summed E-state index contributed by atoms with van der Waals surface area (Å²) in [5.41, 5.74) is 0.371. The maximum Gasteiger partial charge on any atom is 0.256 e. The zero-order valence-electron chi connectivity index (χ0n) is 17.4. The Morgan fingerprint density at radius 1 is 0.935 bits per heavy atom. The molecule has 164 valence electrons. The monoisotopic (exact) mass is 428 g/mol. The van der Waals surface area contributed by atoms with Crippen LogP contribution in [-0.2, 0) is 0 Å². The Morgan fingerprint density at radius 3 is 2.52 bits per heavy atom. The van der Waals surface area contributed by atoms with E-state index < -0.39 is 17.5 Å². The highest BCUT2D eigenvalue weighted by atomic mass is 19.1. The smallest absolute Gasteiger partial charge is 0.256 e. The molecule has 5 nitrogen and oxygen atoms in total. The highest BCUT2D eigenvalue weighted by molar-refractivity contribution is 5.95. The largest absolute Gasteiger partial charge is 0.493 e. The van der Waals surface area contributed by atoms with E-state index in [-0.39, 0.29) is 17.4 Å². The van der Waals surface area contributed by atoms with Gasteiger partial charge in [-0.05, 0) is 62.1 Å². The summed E-state index contributed by atoms with van der Waals surface area (Å²) in [5.74, 6) is -1.14. The minimum Gasteiger partial charge on any atom is -0.493 e. The van der Waals surface area contributed by atoms with Crippen LogP contribution in [0.1, 0.15) is 46.4 Å². The van der Waals surface area contributed by atoms with E-state index in [1.807, 2.05) is 17.0 Å². The van der Waals surface area contributed by atoms with Gasteiger partial charge in [0, 0.05) is 37.7 Å². The number of ether oxygens (including phenoxy) is 1. The second kappa shape index (κ2) is 9.45. The van der Waals surface area contributed by atoms with Crippen molar-refractivity contribution in [2.45, 2.75) is 25.7 Å². The molecule has 2 fully saturated rings. The summed E-state index contributed by atoms with van der Waals surface area (Å²) in [6.07, 6.45) is 3.72. The lowest BCUT2D eigenvalue weighted by molar-refractivity contribution is 0.0627. The summed E-state index contributed by atoms with van der Waals surface area (Å²) >= 11 is 0. The standard InChI is InChI=1S/C24H26F2N2O3/c25-19-8-9-22(26)21(14-19)24(30)28-12-4-5-17(15-28)16-31-20-7-3-6-18(13-20)23(29)27-10-1-2-11-27/h3,6-9,13-14,17H,1-2,4-5,10-12,15-16H2. The molecule has 0 spiro atoms. The van der Waals surface area contributed by atoms with E-state index in [2.05, 4.69) is 0 Å². The second-order valence-electron chi connectivity index (χ2n) is 8.22. The first kappa shape index (κ1) is 21.3. The van der Waals surface area contributed by atoms with Crippen molar-refractivity contribution in [3.63, 3.8) is 0 Å². The average Bonchev–Trinajstić information content (AvgIpc) is 3.34. The molecule has 31 heavy (non-hydrogen) atoms. The third kappa shape index (κ3) is 5.03. The van der Waals surface area contributed by atoms with Crippen LogP contribution in [0.4, 0.5) is 8.78 Å². The van der Waals surface area contributed by atoms with E-state index >= 15 is 0 Å². The molecule has 0 bridgehead atoms. The zero-order valence-corrected chi connectivity index (χ0v) is 17.4. The van der Waals surface area contributed by atoms with Gasteiger partial charge >= 0.3 is 0 Å². The van der Waals surface area contributed by atoms with Crippen molar-refractivity contribution in [2.24, 2.45) is 5.92 Å². The SMILES string of the molecule is O=C(c1cccc(OCC2CCCN(C(=O)c3cc(F)ccc3F)C2)c1)N1CCCC1. The predicted molar refractivity (Wildman–Crippen MR) is 112 cm³/mol. The second-order valence-corrected chi connectivity index (χ2v) is 8.22. The number of likely N-dealkylation sites (tertiary alicyclic amines) is 2. The Balaban J connectivity index is 1.36. The molecule has 2 aromatic carbocycles. The normalized spacial score (nSPS) is 18.8. The van der Waals surface area contributed by atoms with Gasteiger partial charge < -0.3 is 14.5 Å². The number of hydrogen-bond donors (Lipinski definition) is 0. The lowest BCUT2D eigenvalue weighted by atomic mass is 9.98. The maximum atomic E-state index is 14.0. The molecule has 2 aliphatic heterocycles. The highest BCUT2D eigenvalue weighted by Crippen LogP contribution is 2.23. The predicted octanol–water partition coefficient (Wildman–Crippen LogP) is 4.13. The van der Waals surface area contributed by atoms with Crippen LogP contribution in [0.2, 0.25) is 0 Å². The molecule has 4 rings (SSSR count). The van der Waals surface area contributed by atoms with Gasteiger partial charge in [-0.2, -0.15) is 0 Å². The van der Waals surface area contributed by atoms with Crippen LogP contribution in [-0.4, -0.2) is 54.4 Å². The lowest BCUT2D eigenvalue weighted by Gasteiger charge is -2.32. The van der Waals surface area contributed by atoms with Crippen molar-refractivity contribution in [2.75, 3.05) is 32.8 Å². The molecule has 2 heterocycles. The number of amides is 2. The Morgan fingerprint density at radius 2 is 1.71 bits per heavy atom. The summed E-state index contributed by atoms with van der Waals surface area (Å²) in [5, 5.41) is 0. The lowest BCUT2D eigenvalue weighted by Crippen LogP contribution is -2.42. The number of nitrogens with zero attached hydrogens (tertiary/aromatic N) is 2. The van der Waals surface area contributed by atoms with Crippen molar-refractivity contribution in [3.05, 3.63) is 65.2 Å². The highest BCUT2D eigenvalue weighted by Gasteiger charge is 2.27. The van der Waals surface area contributed by atoms with E-state index in [4.69, 9.17) is 4.74 Å². The molecule has 1 atom stereocenters. The fourth-order valence-corrected chi connectivity index (χ4v) is 4.25. The number of rotatable bonds is 5. The summed E-state index contributed by atoms with van der Waals surface area (Å²) in [6.45, 7) is 2.90. The first-order chi connectivity index (χ1) is 15.0. The molecular formula is C24H26F2N2O3. The van der Waals surface area contributed by atoms with Crippen LogP contribution in [0, 0.1) is 17.6 Å². The van der Waals surface area contributed by atoms with E-state index in [9.17, 15) is 18.4 Å². The molecule has 2 amide bonds. The number of halogens is 2. The third-order valence-electron chi connectivity index (χ3n) is 5.92. The number of carbonyl (C=O) groups is 2. The molecular weight excluding hydrogens is 402 g/mol. The van der Waals surface area contributed by atoms with Crippen LogP contribution in [0.25, 0.3) is 0 Å². The first-order valence-electron chi connectivity index (χ1n) is 10.8. The molecule has 0 radical (unpaired) electrons. The minimum atomic E-state index is -0.718. The Hall–Kier alpha value is -2.96. The van der Waals surface area contributed by atoms with Crippen molar-refractivity contribution in [1.82, 2.24) is 9.80 Å². The van der Waals surface area contributed by atoms with E-state index in [0.29, 0.717) is 31.0 Å². The van der Waals surface area contributed by atoms with Gasteiger partial charge in [0.05, 0.1) is 12.2 Å². The number of hydrogen-bond acceptors (Lipinski definition) is 3. The Kier molecular flexibility index (Phi) is 6.49. The molecule has 2 aromatic rings. The maximum absolute atomic E-state index is 14.0. The van der Waals surface area contributed by atoms with Crippen molar-refractivity contribution in [1.29, 1.82) is 0 Å². The number of benzene rings is 2. The minimum absolute atomic E-state index is 0.0227. The average molecular weight is 428 g/mol. The van der Waals surface area contributed by atoms with Gasteiger partial charge in [0.25, 0.3) is 11.8 Å². The van der Waals surface area contributed by atoms with Crippen LogP contribution < -0.4 is 4.74 Å².